The van der Waals surface area contributed by atoms with E-state index < -0.39 is 23.7 Å². The van der Waals surface area contributed by atoms with Crippen molar-refractivity contribution >= 4 is 22.8 Å². The van der Waals surface area contributed by atoms with Gasteiger partial charge in [0.2, 0.25) is 0 Å². The number of carbonyl (C=O) groups is 1. The van der Waals surface area contributed by atoms with E-state index in [1.54, 1.807) is 25.1 Å². The average Bonchev–Trinajstić information content (AvgIpc) is 2.89. The Morgan fingerprint density at radius 3 is 2.58 bits per heavy atom. The van der Waals surface area contributed by atoms with Gasteiger partial charge in [-0.2, -0.15) is 0 Å². The number of hydrogen-bond donors (Lipinski definition) is 4. The molecule has 1 aromatic heterocycles. The molecule has 2 aromatic carbocycles. The standard InChI is InChI=1S/C16H14F2N4O2/c1-8(9-2-4-13-14(6-9)22-16(24)21-13)19-15(23)20-12-5-3-10(17)7-11(12)18/h2-8H,1H3,(H2,19,20,23)(H2,21,22,24)/t8-/m1/s1. The van der Waals surface area contributed by atoms with Crippen LogP contribution < -0.4 is 16.3 Å². The third-order valence-corrected chi connectivity index (χ3v) is 3.57. The number of aromatic nitrogens is 2. The fourth-order valence-corrected chi connectivity index (χ4v) is 2.35. The molecule has 0 radical (unpaired) electrons. The van der Waals surface area contributed by atoms with E-state index in [9.17, 15) is 18.4 Å². The first-order chi connectivity index (χ1) is 11.4. The van der Waals surface area contributed by atoms with Crippen molar-refractivity contribution in [1.29, 1.82) is 0 Å². The van der Waals surface area contributed by atoms with Crippen molar-refractivity contribution in [2.24, 2.45) is 0 Å². The van der Waals surface area contributed by atoms with Crippen molar-refractivity contribution in [1.82, 2.24) is 15.3 Å². The second kappa shape index (κ2) is 6.15. The molecule has 8 heteroatoms. The number of urea groups is 1. The average molecular weight is 332 g/mol. The van der Waals surface area contributed by atoms with E-state index in [0.29, 0.717) is 17.1 Å². The van der Waals surface area contributed by atoms with Gasteiger partial charge in [0.1, 0.15) is 11.6 Å². The van der Waals surface area contributed by atoms with Crippen molar-refractivity contribution in [3.63, 3.8) is 0 Å². The third-order valence-electron chi connectivity index (χ3n) is 3.57. The number of halogens is 2. The van der Waals surface area contributed by atoms with Crippen LogP contribution in [0.2, 0.25) is 0 Å². The molecule has 0 aliphatic rings. The number of rotatable bonds is 3. The highest BCUT2D eigenvalue weighted by Gasteiger charge is 2.13. The third kappa shape index (κ3) is 3.27. The Balaban J connectivity index is 1.71. The van der Waals surface area contributed by atoms with E-state index >= 15 is 0 Å². The number of carbonyl (C=O) groups excluding carboxylic acids is 1. The van der Waals surface area contributed by atoms with Gasteiger partial charge in [0.15, 0.2) is 0 Å². The van der Waals surface area contributed by atoms with Gasteiger partial charge in [-0.15, -0.1) is 0 Å². The summed E-state index contributed by atoms with van der Waals surface area (Å²) in [5.41, 5.74) is 1.61. The van der Waals surface area contributed by atoms with Gasteiger partial charge in [0, 0.05) is 6.07 Å². The number of nitrogens with one attached hydrogen (secondary N) is 4. The monoisotopic (exact) mass is 332 g/mol. The van der Waals surface area contributed by atoms with Crippen molar-refractivity contribution < 1.29 is 13.6 Å². The molecule has 0 bridgehead atoms. The first kappa shape index (κ1) is 15.7. The van der Waals surface area contributed by atoms with Gasteiger partial charge in [-0.25, -0.2) is 18.4 Å². The van der Waals surface area contributed by atoms with Gasteiger partial charge >= 0.3 is 11.7 Å². The normalized spacial score (nSPS) is 12.1. The predicted molar refractivity (Wildman–Crippen MR) is 85.8 cm³/mol. The fraction of sp³-hybridized carbons (Fsp3) is 0.125. The summed E-state index contributed by atoms with van der Waals surface area (Å²) >= 11 is 0. The smallest absolute Gasteiger partial charge is 0.323 e. The second-order valence-corrected chi connectivity index (χ2v) is 5.33. The molecule has 3 aromatic rings. The molecule has 4 N–H and O–H groups in total. The van der Waals surface area contributed by atoms with Crippen LogP contribution in [0.25, 0.3) is 11.0 Å². The van der Waals surface area contributed by atoms with Crippen LogP contribution in [0.1, 0.15) is 18.5 Å². The quantitative estimate of drug-likeness (QED) is 0.594. The van der Waals surface area contributed by atoms with Crippen LogP contribution in [0.3, 0.4) is 0 Å². The van der Waals surface area contributed by atoms with Gasteiger partial charge < -0.3 is 20.6 Å². The molecule has 6 nitrogen and oxygen atoms in total. The molecule has 1 atom stereocenters. The van der Waals surface area contributed by atoms with E-state index in [1.165, 1.54) is 0 Å². The lowest BCUT2D eigenvalue weighted by Gasteiger charge is -2.15. The van der Waals surface area contributed by atoms with E-state index in [4.69, 9.17) is 0 Å². The summed E-state index contributed by atoms with van der Waals surface area (Å²) in [6.45, 7) is 1.74. The Labute approximate surface area is 134 Å². The summed E-state index contributed by atoms with van der Waals surface area (Å²) < 4.78 is 26.4. The van der Waals surface area contributed by atoms with Crippen LogP contribution in [0, 0.1) is 11.6 Å². The van der Waals surface area contributed by atoms with Crippen molar-refractivity contribution in [3.05, 3.63) is 64.1 Å². The van der Waals surface area contributed by atoms with Gasteiger partial charge in [0.25, 0.3) is 0 Å². The molecule has 0 saturated carbocycles. The molecule has 0 unspecified atom stereocenters. The van der Waals surface area contributed by atoms with Crippen LogP contribution in [0.4, 0.5) is 19.3 Å². The molecule has 1 heterocycles. The number of anilines is 1. The number of hydrogen-bond acceptors (Lipinski definition) is 2. The van der Waals surface area contributed by atoms with Gasteiger partial charge in [0.05, 0.1) is 22.8 Å². The molecular weight excluding hydrogens is 318 g/mol. The number of amides is 2. The first-order valence-corrected chi connectivity index (χ1v) is 7.17. The van der Waals surface area contributed by atoms with Crippen LogP contribution in [-0.4, -0.2) is 16.0 Å². The van der Waals surface area contributed by atoms with E-state index in [1.807, 2.05) is 0 Å². The van der Waals surface area contributed by atoms with E-state index in [0.717, 1.165) is 17.7 Å². The van der Waals surface area contributed by atoms with Gasteiger partial charge in [-0.3, -0.25) is 0 Å². The summed E-state index contributed by atoms with van der Waals surface area (Å²) in [5, 5.41) is 4.97. The highest BCUT2D eigenvalue weighted by molar-refractivity contribution is 5.89. The Kier molecular flexibility index (Phi) is 4.03. The van der Waals surface area contributed by atoms with Crippen molar-refractivity contribution in [2.45, 2.75) is 13.0 Å². The molecule has 0 saturated heterocycles. The molecule has 24 heavy (non-hydrogen) atoms. The lowest BCUT2D eigenvalue weighted by molar-refractivity contribution is 0.249. The Morgan fingerprint density at radius 2 is 1.83 bits per heavy atom. The Morgan fingerprint density at radius 1 is 1.08 bits per heavy atom. The van der Waals surface area contributed by atoms with Gasteiger partial charge in [-0.1, -0.05) is 6.07 Å². The minimum Gasteiger partial charge on any atom is -0.331 e. The van der Waals surface area contributed by atoms with Crippen LogP contribution in [-0.2, 0) is 0 Å². The zero-order valence-electron chi connectivity index (χ0n) is 12.6. The number of imidazole rings is 1. The number of H-pyrrole nitrogens is 2. The highest BCUT2D eigenvalue weighted by Crippen LogP contribution is 2.18. The topological polar surface area (TPSA) is 89.8 Å². The summed E-state index contributed by atoms with van der Waals surface area (Å²) in [4.78, 5) is 28.5. The van der Waals surface area contributed by atoms with Crippen LogP contribution >= 0.6 is 0 Å². The summed E-state index contributed by atoms with van der Waals surface area (Å²) in [6, 6.07) is 7.08. The van der Waals surface area contributed by atoms with Crippen molar-refractivity contribution in [2.75, 3.05) is 5.32 Å². The maximum atomic E-state index is 13.5. The minimum atomic E-state index is -0.857. The molecule has 0 aliphatic heterocycles. The SMILES string of the molecule is C[C@@H](NC(=O)Nc1ccc(F)cc1F)c1ccc2[nH]c(=O)[nH]c2c1. The van der Waals surface area contributed by atoms with Crippen molar-refractivity contribution in [3.8, 4) is 0 Å². The molecule has 124 valence electrons. The molecular formula is C16H14F2N4O2. The lowest BCUT2D eigenvalue weighted by atomic mass is 10.1. The Hall–Kier alpha value is -3.16. The molecule has 0 aliphatic carbocycles. The van der Waals surface area contributed by atoms with Crippen LogP contribution in [0.5, 0.6) is 0 Å². The number of benzene rings is 2. The van der Waals surface area contributed by atoms with Crippen LogP contribution in [0.15, 0.2) is 41.2 Å². The van der Waals surface area contributed by atoms with E-state index in [2.05, 4.69) is 20.6 Å². The minimum absolute atomic E-state index is 0.119. The molecule has 0 fully saturated rings. The second-order valence-electron chi connectivity index (χ2n) is 5.33. The summed E-state index contributed by atoms with van der Waals surface area (Å²) in [5.74, 6) is -1.58. The molecule has 2 amide bonds. The first-order valence-electron chi connectivity index (χ1n) is 7.17. The number of aromatic amines is 2. The predicted octanol–water partition coefficient (Wildman–Crippen LogP) is 3.02. The summed E-state index contributed by atoms with van der Waals surface area (Å²) in [7, 11) is 0. The zero-order chi connectivity index (χ0) is 17.3. The zero-order valence-corrected chi connectivity index (χ0v) is 12.6. The van der Waals surface area contributed by atoms with Gasteiger partial charge in [-0.05, 0) is 36.8 Å². The lowest BCUT2D eigenvalue weighted by Crippen LogP contribution is -2.31. The largest absolute Gasteiger partial charge is 0.331 e. The number of fused-ring (bicyclic) bond motifs is 1. The maximum Gasteiger partial charge on any atom is 0.323 e. The Bertz CT molecular complexity index is 964. The summed E-state index contributed by atoms with van der Waals surface area (Å²) in [6.07, 6.45) is 0. The fourth-order valence-electron chi connectivity index (χ4n) is 2.35. The molecule has 3 rings (SSSR count). The highest BCUT2D eigenvalue weighted by atomic mass is 19.1. The molecule has 0 spiro atoms. The maximum absolute atomic E-state index is 13.5. The van der Waals surface area contributed by atoms with E-state index in [-0.39, 0.29) is 11.4 Å².